The Hall–Kier alpha value is -3.25. The summed E-state index contributed by atoms with van der Waals surface area (Å²) >= 11 is 1.21. The van der Waals surface area contributed by atoms with Crippen LogP contribution in [0.5, 0.6) is 5.75 Å². The lowest BCUT2D eigenvalue weighted by Gasteiger charge is -2.29. The number of allylic oxidation sites excluding steroid dienone is 2. The fraction of sp³-hybridized carbons (Fsp3) is 0.458. The Morgan fingerprint density at radius 2 is 1.91 bits per heavy atom. The number of carbonyl (C=O) groups excluding carboxylic acids is 3. The maximum Gasteiger partial charge on any atom is 0.513 e. The monoisotopic (exact) mass is 471 g/mol. The molecule has 0 saturated carbocycles. The summed E-state index contributed by atoms with van der Waals surface area (Å²) in [7, 11) is 1.70. The molecule has 0 aliphatic carbocycles. The molecule has 0 aliphatic heterocycles. The van der Waals surface area contributed by atoms with Crippen LogP contribution in [-0.4, -0.2) is 47.9 Å². The largest absolute Gasteiger partial charge is 0.513 e. The van der Waals surface area contributed by atoms with Crippen LogP contribution in [0.25, 0.3) is 10.2 Å². The van der Waals surface area contributed by atoms with Crippen LogP contribution in [-0.2, 0) is 14.3 Å². The van der Waals surface area contributed by atoms with Crippen molar-refractivity contribution in [2.24, 2.45) is 5.41 Å². The second-order valence-electron chi connectivity index (χ2n) is 8.50. The number of nitriles is 1. The number of Topliss-reactive ketones (excluding diaryl/α,β-unsaturated/α-hetero) is 1. The number of hydrogen-bond donors (Lipinski definition) is 0. The van der Waals surface area contributed by atoms with E-state index in [4.69, 9.17) is 14.7 Å². The first-order valence-corrected chi connectivity index (χ1v) is 11.3. The van der Waals surface area contributed by atoms with Gasteiger partial charge in [-0.15, -0.1) is 11.3 Å². The molecule has 0 spiro atoms. The van der Waals surface area contributed by atoms with Gasteiger partial charge in [-0.2, -0.15) is 5.26 Å². The Morgan fingerprint density at radius 1 is 1.21 bits per heavy atom. The minimum Gasteiger partial charge on any atom is -0.434 e. The zero-order valence-corrected chi connectivity index (χ0v) is 20.7. The molecule has 2 rings (SSSR count). The van der Waals surface area contributed by atoms with Crippen molar-refractivity contribution in [3.63, 3.8) is 0 Å². The minimum atomic E-state index is -0.838. The van der Waals surface area contributed by atoms with E-state index in [1.165, 1.54) is 18.3 Å². The second kappa shape index (κ2) is 11.1. The van der Waals surface area contributed by atoms with Gasteiger partial charge in [-0.3, -0.25) is 9.59 Å². The third-order valence-electron chi connectivity index (χ3n) is 5.64. The normalized spacial score (nSPS) is 12.0. The number of ether oxygens (including phenoxy) is 2. The van der Waals surface area contributed by atoms with E-state index in [9.17, 15) is 14.4 Å². The highest BCUT2D eigenvalue weighted by Gasteiger charge is 2.27. The van der Waals surface area contributed by atoms with E-state index >= 15 is 0 Å². The fourth-order valence-electron chi connectivity index (χ4n) is 3.14. The molecule has 0 aliphatic rings. The number of fused-ring (bicyclic) bond motifs is 1. The van der Waals surface area contributed by atoms with E-state index in [1.54, 1.807) is 37.1 Å². The highest BCUT2D eigenvalue weighted by atomic mass is 32.1. The molecule has 2 aromatic rings. The molecule has 1 heterocycles. The first kappa shape index (κ1) is 26.0. The van der Waals surface area contributed by atoms with Crippen LogP contribution in [0.1, 0.15) is 52.5 Å². The van der Waals surface area contributed by atoms with Crippen molar-refractivity contribution in [2.45, 2.75) is 47.5 Å². The van der Waals surface area contributed by atoms with E-state index in [1.807, 2.05) is 26.8 Å². The average molecular weight is 472 g/mol. The Labute approximate surface area is 197 Å². The maximum absolute atomic E-state index is 12.6. The van der Waals surface area contributed by atoms with Crippen LogP contribution in [0.4, 0.5) is 4.79 Å². The number of amides is 1. The smallest absolute Gasteiger partial charge is 0.434 e. The first-order chi connectivity index (χ1) is 15.4. The van der Waals surface area contributed by atoms with Crippen molar-refractivity contribution in [3.05, 3.63) is 34.4 Å². The van der Waals surface area contributed by atoms with Crippen molar-refractivity contribution >= 4 is 39.4 Å². The van der Waals surface area contributed by atoms with Crippen molar-refractivity contribution in [1.29, 1.82) is 5.26 Å². The summed E-state index contributed by atoms with van der Waals surface area (Å²) in [6.07, 6.45) is -0.107. The molecule has 9 heteroatoms. The Balaban J connectivity index is 1.79. The van der Waals surface area contributed by atoms with E-state index in [0.29, 0.717) is 34.8 Å². The van der Waals surface area contributed by atoms with Gasteiger partial charge in [0, 0.05) is 26.1 Å². The molecular weight excluding hydrogens is 442 g/mol. The lowest BCUT2D eigenvalue weighted by molar-refractivity contribution is -0.131. The zero-order valence-electron chi connectivity index (χ0n) is 19.9. The van der Waals surface area contributed by atoms with E-state index in [-0.39, 0.29) is 24.7 Å². The highest BCUT2D eigenvalue weighted by Crippen LogP contribution is 2.33. The summed E-state index contributed by atoms with van der Waals surface area (Å²) in [5.74, 6) is 0.261. The summed E-state index contributed by atoms with van der Waals surface area (Å²) in [5, 5.41) is 9.26. The third-order valence-corrected chi connectivity index (χ3v) is 6.56. The molecule has 0 atom stereocenters. The number of nitrogens with zero attached hydrogens (tertiary/aromatic N) is 3. The summed E-state index contributed by atoms with van der Waals surface area (Å²) in [5.41, 5.74) is 1.81. The van der Waals surface area contributed by atoms with Gasteiger partial charge in [0.1, 0.15) is 11.8 Å². The zero-order chi connectivity index (χ0) is 24.8. The van der Waals surface area contributed by atoms with Crippen LogP contribution in [0, 0.1) is 16.7 Å². The van der Waals surface area contributed by atoms with E-state index < -0.39 is 11.6 Å². The maximum atomic E-state index is 12.6. The summed E-state index contributed by atoms with van der Waals surface area (Å²) in [6.45, 7) is 9.61. The van der Waals surface area contributed by atoms with Crippen molar-refractivity contribution in [2.75, 3.05) is 20.2 Å². The van der Waals surface area contributed by atoms with Gasteiger partial charge in [-0.25, -0.2) is 9.78 Å². The molecule has 0 N–H and O–H groups in total. The SMILES string of the molecule is CC(=O)C(C)=C(C)C(C)(C)CC(=O)N(C)CCCOC(=O)Oc1ccc2nc(C#N)sc2c1. The minimum absolute atomic E-state index is 0.00399. The highest BCUT2D eigenvalue weighted by molar-refractivity contribution is 7.19. The van der Waals surface area contributed by atoms with Crippen molar-refractivity contribution in [3.8, 4) is 11.8 Å². The molecule has 1 aromatic heterocycles. The molecule has 176 valence electrons. The number of aromatic nitrogens is 1. The fourth-order valence-corrected chi connectivity index (χ4v) is 3.93. The quantitative estimate of drug-likeness (QED) is 0.222. The first-order valence-electron chi connectivity index (χ1n) is 10.5. The number of carbonyl (C=O) groups is 3. The van der Waals surface area contributed by atoms with Crippen LogP contribution in [0.3, 0.4) is 0 Å². The molecule has 33 heavy (non-hydrogen) atoms. The molecule has 1 amide bonds. The second-order valence-corrected chi connectivity index (χ2v) is 9.53. The predicted octanol–water partition coefficient (Wildman–Crippen LogP) is 4.87. The molecule has 0 unspecified atom stereocenters. The van der Waals surface area contributed by atoms with Gasteiger partial charge >= 0.3 is 6.16 Å². The number of benzene rings is 1. The summed E-state index contributed by atoms with van der Waals surface area (Å²) in [4.78, 5) is 41.9. The Bertz CT molecular complexity index is 1130. The van der Waals surface area contributed by atoms with E-state index in [2.05, 4.69) is 4.98 Å². The lowest BCUT2D eigenvalue weighted by Crippen LogP contribution is -2.33. The number of thiazole rings is 1. The standard InChI is InChI=1S/C24H29N3O5S/c1-15(17(3)28)16(2)24(4,5)13-22(29)27(6)10-7-11-31-23(30)32-18-8-9-19-20(12-18)33-21(14-25)26-19/h8-9,12H,7,10-11,13H2,1-6H3. The molecular formula is C24H29N3O5S. The topological polar surface area (TPSA) is 110 Å². The van der Waals surface area contributed by atoms with Gasteiger partial charge < -0.3 is 14.4 Å². The predicted molar refractivity (Wildman–Crippen MR) is 126 cm³/mol. The molecule has 0 fully saturated rings. The van der Waals surface area contributed by atoms with Gasteiger partial charge in [-0.05, 0) is 50.3 Å². The summed E-state index contributed by atoms with van der Waals surface area (Å²) < 4.78 is 11.0. The molecule has 0 saturated heterocycles. The number of ketones is 1. The van der Waals surface area contributed by atoms with Crippen LogP contribution < -0.4 is 4.74 Å². The van der Waals surface area contributed by atoms with Gasteiger partial charge in [0.15, 0.2) is 10.8 Å². The summed E-state index contributed by atoms with van der Waals surface area (Å²) in [6, 6.07) is 6.88. The number of hydrogen-bond acceptors (Lipinski definition) is 8. The third kappa shape index (κ3) is 7.12. The van der Waals surface area contributed by atoms with Gasteiger partial charge in [-0.1, -0.05) is 19.4 Å². The molecule has 0 radical (unpaired) electrons. The molecule has 0 bridgehead atoms. The Morgan fingerprint density at radius 3 is 2.55 bits per heavy atom. The van der Waals surface area contributed by atoms with Crippen molar-refractivity contribution < 1.29 is 23.9 Å². The number of rotatable bonds is 9. The van der Waals surface area contributed by atoms with Gasteiger partial charge in [0.25, 0.3) is 0 Å². The van der Waals surface area contributed by atoms with Crippen LogP contribution >= 0.6 is 11.3 Å². The van der Waals surface area contributed by atoms with Crippen molar-refractivity contribution in [1.82, 2.24) is 9.88 Å². The van der Waals surface area contributed by atoms with E-state index in [0.717, 1.165) is 10.3 Å². The van der Waals surface area contributed by atoms with Crippen LogP contribution in [0.2, 0.25) is 0 Å². The van der Waals surface area contributed by atoms with Gasteiger partial charge in [0.2, 0.25) is 5.91 Å². The lowest BCUT2D eigenvalue weighted by atomic mass is 9.78. The van der Waals surface area contributed by atoms with Gasteiger partial charge in [0.05, 0.1) is 16.8 Å². The van der Waals surface area contributed by atoms with Crippen LogP contribution in [0.15, 0.2) is 29.3 Å². The molecule has 1 aromatic carbocycles. The Kier molecular flexibility index (Phi) is 8.71. The molecule has 8 nitrogen and oxygen atoms in total. The average Bonchev–Trinajstić information content (AvgIpc) is 3.17.